The van der Waals surface area contributed by atoms with Crippen molar-refractivity contribution in [2.24, 2.45) is 5.73 Å². The number of nitrogens with two attached hydrogens (primary N) is 1. The average molecular weight is 258 g/mol. The second-order valence-electron chi connectivity index (χ2n) is 4.86. The Morgan fingerprint density at radius 1 is 1.33 bits per heavy atom. The molecule has 2 heterocycles. The molecule has 0 radical (unpaired) electrons. The normalized spacial score (nSPS) is 19.9. The zero-order chi connectivity index (χ0) is 12.5. The summed E-state index contributed by atoms with van der Waals surface area (Å²) in [5.41, 5.74) is 8.83. The third-order valence-electron chi connectivity index (χ3n) is 3.69. The third-order valence-corrected chi connectivity index (χ3v) is 4.66. The number of nitrogens with zero attached hydrogens (tertiary/aromatic N) is 1. The van der Waals surface area contributed by atoms with Crippen LogP contribution in [0.15, 0.2) is 41.8 Å². The van der Waals surface area contributed by atoms with E-state index in [2.05, 4.69) is 53.6 Å². The minimum absolute atomic E-state index is 0.309. The van der Waals surface area contributed by atoms with Crippen LogP contribution in [0.25, 0.3) is 0 Å². The summed E-state index contributed by atoms with van der Waals surface area (Å²) in [5, 5.41) is 2.13. The van der Waals surface area contributed by atoms with E-state index in [0.717, 1.165) is 6.42 Å². The van der Waals surface area contributed by atoms with Crippen LogP contribution in [0, 0.1) is 0 Å². The van der Waals surface area contributed by atoms with Crippen LogP contribution in [-0.4, -0.2) is 12.6 Å². The van der Waals surface area contributed by atoms with Crippen molar-refractivity contribution < 1.29 is 0 Å². The molecular formula is C15H18N2S. The number of anilines is 1. The van der Waals surface area contributed by atoms with Crippen molar-refractivity contribution in [2.45, 2.75) is 25.4 Å². The Morgan fingerprint density at radius 3 is 2.89 bits per heavy atom. The first-order valence-electron chi connectivity index (χ1n) is 6.41. The molecule has 18 heavy (non-hydrogen) atoms. The van der Waals surface area contributed by atoms with Gasteiger partial charge >= 0.3 is 0 Å². The molecule has 1 aliphatic heterocycles. The smallest absolute Gasteiger partial charge is 0.0760 e. The molecular weight excluding hydrogens is 240 g/mol. The monoisotopic (exact) mass is 258 g/mol. The van der Waals surface area contributed by atoms with Crippen LogP contribution >= 0.6 is 11.3 Å². The van der Waals surface area contributed by atoms with Gasteiger partial charge in [-0.25, -0.2) is 0 Å². The van der Waals surface area contributed by atoms with Gasteiger partial charge < -0.3 is 10.6 Å². The largest absolute Gasteiger partial charge is 0.359 e. The van der Waals surface area contributed by atoms with E-state index in [-0.39, 0.29) is 0 Å². The van der Waals surface area contributed by atoms with Gasteiger partial charge in [-0.15, -0.1) is 11.3 Å². The number of hydrogen-bond acceptors (Lipinski definition) is 3. The van der Waals surface area contributed by atoms with E-state index in [9.17, 15) is 0 Å². The van der Waals surface area contributed by atoms with Gasteiger partial charge in [0, 0.05) is 23.2 Å². The van der Waals surface area contributed by atoms with E-state index in [4.69, 9.17) is 5.73 Å². The number of thiophene rings is 1. The quantitative estimate of drug-likeness (QED) is 0.916. The average Bonchev–Trinajstić information content (AvgIpc) is 2.99. The van der Waals surface area contributed by atoms with E-state index >= 15 is 0 Å². The third kappa shape index (κ3) is 1.84. The van der Waals surface area contributed by atoms with Crippen molar-refractivity contribution in [3.63, 3.8) is 0 Å². The predicted octanol–water partition coefficient (Wildman–Crippen LogP) is 3.20. The lowest BCUT2D eigenvalue weighted by atomic mass is 10.1. The lowest BCUT2D eigenvalue weighted by molar-refractivity contribution is 0.575. The van der Waals surface area contributed by atoms with E-state index < -0.39 is 0 Å². The summed E-state index contributed by atoms with van der Waals surface area (Å²) in [7, 11) is 0. The maximum Gasteiger partial charge on any atom is 0.0760 e. The molecule has 0 spiro atoms. The van der Waals surface area contributed by atoms with Gasteiger partial charge in [-0.2, -0.15) is 0 Å². The molecule has 94 valence electrons. The van der Waals surface area contributed by atoms with Crippen LogP contribution in [0.1, 0.15) is 23.4 Å². The standard InChI is InChI=1S/C15H18N2S/c1-11-9-12-5-2-3-6-13(12)17(11)14(10-16)15-7-4-8-18-15/h2-8,11,14H,9-10,16H2,1H3. The molecule has 0 saturated carbocycles. The van der Waals surface area contributed by atoms with Crippen LogP contribution in [0.4, 0.5) is 5.69 Å². The van der Waals surface area contributed by atoms with Crippen LogP contribution in [-0.2, 0) is 6.42 Å². The van der Waals surface area contributed by atoms with E-state index in [1.165, 1.54) is 16.1 Å². The molecule has 0 bridgehead atoms. The van der Waals surface area contributed by atoms with E-state index in [0.29, 0.717) is 18.6 Å². The molecule has 2 unspecified atom stereocenters. The number of fused-ring (bicyclic) bond motifs is 1. The number of hydrogen-bond donors (Lipinski definition) is 1. The molecule has 0 aliphatic carbocycles. The summed E-state index contributed by atoms with van der Waals surface area (Å²) in [6.45, 7) is 2.95. The Labute approximate surface area is 112 Å². The Balaban J connectivity index is 2.00. The molecule has 3 rings (SSSR count). The van der Waals surface area contributed by atoms with E-state index in [1.54, 1.807) is 11.3 Å². The summed E-state index contributed by atoms with van der Waals surface area (Å²) in [6, 6.07) is 13.8. The first kappa shape index (κ1) is 11.8. The van der Waals surface area contributed by atoms with Gasteiger partial charge in [-0.3, -0.25) is 0 Å². The Hall–Kier alpha value is -1.32. The number of para-hydroxylation sites is 1. The van der Waals surface area contributed by atoms with Crippen molar-refractivity contribution >= 4 is 17.0 Å². The van der Waals surface area contributed by atoms with Gasteiger partial charge in [-0.05, 0) is 36.4 Å². The van der Waals surface area contributed by atoms with Crippen LogP contribution in [0.3, 0.4) is 0 Å². The summed E-state index contributed by atoms with van der Waals surface area (Å²) < 4.78 is 0. The molecule has 1 aromatic carbocycles. The fraction of sp³-hybridized carbons (Fsp3) is 0.333. The van der Waals surface area contributed by atoms with Crippen LogP contribution in [0.2, 0.25) is 0 Å². The second-order valence-corrected chi connectivity index (χ2v) is 5.84. The maximum absolute atomic E-state index is 6.03. The predicted molar refractivity (Wildman–Crippen MR) is 78.2 cm³/mol. The number of benzene rings is 1. The van der Waals surface area contributed by atoms with Crippen LogP contribution < -0.4 is 10.6 Å². The van der Waals surface area contributed by atoms with Gasteiger partial charge in [0.1, 0.15) is 0 Å². The minimum Gasteiger partial charge on any atom is -0.359 e. The molecule has 2 N–H and O–H groups in total. The van der Waals surface area contributed by atoms with Gasteiger partial charge in [0.25, 0.3) is 0 Å². The fourth-order valence-corrected chi connectivity index (χ4v) is 3.75. The zero-order valence-corrected chi connectivity index (χ0v) is 11.4. The summed E-state index contributed by atoms with van der Waals surface area (Å²) in [4.78, 5) is 3.85. The molecule has 0 amide bonds. The zero-order valence-electron chi connectivity index (χ0n) is 10.5. The van der Waals surface area contributed by atoms with E-state index in [1.807, 2.05) is 0 Å². The fourth-order valence-electron chi connectivity index (χ4n) is 2.91. The Kier molecular flexibility index (Phi) is 3.10. The van der Waals surface area contributed by atoms with Gasteiger partial charge in [0.15, 0.2) is 0 Å². The van der Waals surface area contributed by atoms with Gasteiger partial charge in [0.05, 0.1) is 6.04 Å². The molecule has 2 atom stereocenters. The van der Waals surface area contributed by atoms with Crippen molar-refractivity contribution in [3.8, 4) is 0 Å². The molecule has 1 aliphatic rings. The second kappa shape index (κ2) is 4.75. The van der Waals surface area contributed by atoms with Crippen molar-refractivity contribution in [3.05, 3.63) is 52.2 Å². The summed E-state index contributed by atoms with van der Waals surface area (Å²) in [5.74, 6) is 0. The highest BCUT2D eigenvalue weighted by Crippen LogP contribution is 2.39. The molecule has 1 aromatic heterocycles. The first-order chi connectivity index (χ1) is 8.81. The summed E-state index contributed by atoms with van der Waals surface area (Å²) in [6.07, 6.45) is 1.12. The molecule has 3 heteroatoms. The molecule has 2 aromatic rings. The van der Waals surface area contributed by atoms with Crippen LogP contribution in [0.5, 0.6) is 0 Å². The van der Waals surface area contributed by atoms with Gasteiger partial charge in [0.2, 0.25) is 0 Å². The number of rotatable bonds is 3. The highest BCUT2D eigenvalue weighted by Gasteiger charge is 2.31. The lowest BCUT2D eigenvalue weighted by Gasteiger charge is -2.33. The summed E-state index contributed by atoms with van der Waals surface area (Å²) >= 11 is 1.80. The minimum atomic E-state index is 0.309. The Morgan fingerprint density at radius 2 is 2.17 bits per heavy atom. The molecule has 0 fully saturated rings. The first-order valence-corrected chi connectivity index (χ1v) is 7.29. The highest BCUT2D eigenvalue weighted by atomic mass is 32.1. The van der Waals surface area contributed by atoms with Crippen molar-refractivity contribution in [1.29, 1.82) is 0 Å². The SMILES string of the molecule is CC1Cc2ccccc2N1C(CN)c1cccs1. The Bertz CT molecular complexity index is 521. The van der Waals surface area contributed by atoms with Crippen molar-refractivity contribution in [1.82, 2.24) is 0 Å². The topological polar surface area (TPSA) is 29.3 Å². The van der Waals surface area contributed by atoms with Gasteiger partial charge in [-0.1, -0.05) is 24.3 Å². The molecule has 0 saturated heterocycles. The maximum atomic E-state index is 6.03. The lowest BCUT2D eigenvalue weighted by Crippen LogP contribution is -2.37. The highest BCUT2D eigenvalue weighted by molar-refractivity contribution is 7.10. The molecule has 2 nitrogen and oxygen atoms in total. The van der Waals surface area contributed by atoms with Crippen molar-refractivity contribution in [2.75, 3.05) is 11.4 Å².